The first kappa shape index (κ1) is 26.9. The molecule has 4 nitrogen and oxygen atoms in total. The Balaban J connectivity index is 0.000000183. The number of hydrogen-bond acceptors (Lipinski definition) is 1. The van der Waals surface area contributed by atoms with Crippen molar-refractivity contribution in [3.05, 3.63) is 134 Å². The van der Waals surface area contributed by atoms with Gasteiger partial charge in [0.25, 0.3) is 0 Å². The quantitative estimate of drug-likeness (QED) is 0.135. The van der Waals surface area contributed by atoms with Crippen LogP contribution in [0.1, 0.15) is 25.5 Å². The average molecular weight is 709 g/mol. The molecule has 0 amide bonds. The van der Waals surface area contributed by atoms with Crippen LogP contribution in [-0.2, 0) is 20.1 Å². The predicted molar refractivity (Wildman–Crippen MR) is 162 cm³/mol. The third kappa shape index (κ3) is 4.61. The minimum Gasteiger partial charge on any atom is -0.348 e. The Labute approximate surface area is 253 Å². The van der Waals surface area contributed by atoms with Gasteiger partial charge >= 0.3 is 20.1 Å². The van der Waals surface area contributed by atoms with Gasteiger partial charge in [0.1, 0.15) is 0 Å². The van der Waals surface area contributed by atoms with E-state index in [-0.39, 0.29) is 20.1 Å². The number of aryl methyl sites for hydroxylation is 1. The fraction of sp³-hybridized carbons (Fsp3) is 0.111. The monoisotopic (exact) mass is 709 g/mol. The molecule has 0 unspecified atom stereocenters. The molecular weight excluding hydrogens is 681 g/mol. The van der Waals surface area contributed by atoms with Gasteiger partial charge < -0.3 is 18.5 Å². The molecule has 0 N–H and O–H groups in total. The summed E-state index contributed by atoms with van der Waals surface area (Å²) in [7, 11) is 0. The van der Waals surface area contributed by atoms with Crippen LogP contribution in [-0.4, -0.2) is 14.0 Å². The van der Waals surface area contributed by atoms with Crippen molar-refractivity contribution >= 4 is 38.1 Å². The summed E-state index contributed by atoms with van der Waals surface area (Å²) in [6.07, 6.45) is 9.45. The second kappa shape index (κ2) is 10.9. The Morgan fingerprint density at radius 2 is 1.59 bits per heavy atom. The number of benzene rings is 4. The Hall–Kier alpha value is -4.31. The second-order valence-electron chi connectivity index (χ2n) is 10.4. The largest absolute Gasteiger partial charge is 3.00 e. The maximum Gasteiger partial charge on any atom is 3.00 e. The zero-order chi connectivity index (χ0) is 27.2. The summed E-state index contributed by atoms with van der Waals surface area (Å²) in [6.45, 7) is 6.36. The molecular formula is C36H28IrN4+. The molecule has 0 saturated heterocycles. The molecule has 0 aliphatic carbocycles. The Morgan fingerprint density at radius 3 is 2.34 bits per heavy atom. The van der Waals surface area contributed by atoms with E-state index in [2.05, 4.69) is 118 Å². The Bertz CT molecular complexity index is 2090. The normalized spacial score (nSPS) is 11.3. The van der Waals surface area contributed by atoms with Crippen LogP contribution in [0, 0.1) is 25.4 Å². The number of pyridine rings is 1. The molecule has 0 radical (unpaired) electrons. The zero-order valence-corrected chi connectivity index (χ0v) is 25.5. The summed E-state index contributed by atoms with van der Waals surface area (Å²) in [6, 6.07) is 38.4. The summed E-state index contributed by atoms with van der Waals surface area (Å²) in [4.78, 5) is 4.32. The number of para-hydroxylation sites is 2. The number of aromatic nitrogens is 4. The number of hydrogen-bond donors (Lipinski definition) is 0. The summed E-state index contributed by atoms with van der Waals surface area (Å²) in [5.41, 5.74) is 8.01. The molecule has 4 aromatic heterocycles. The molecule has 0 spiro atoms. The van der Waals surface area contributed by atoms with Gasteiger partial charge in [-0.2, -0.15) is 12.1 Å². The first-order valence-electron chi connectivity index (χ1n) is 13.6. The fourth-order valence-electron chi connectivity index (χ4n) is 5.51. The molecule has 5 heteroatoms. The smallest absolute Gasteiger partial charge is 0.348 e. The molecule has 0 aliphatic rings. The van der Waals surface area contributed by atoms with E-state index in [4.69, 9.17) is 0 Å². The molecule has 4 heterocycles. The third-order valence-electron chi connectivity index (χ3n) is 7.45. The summed E-state index contributed by atoms with van der Waals surface area (Å²) in [5, 5.41) is 5.11. The first-order valence-corrected chi connectivity index (χ1v) is 13.6. The fourth-order valence-corrected chi connectivity index (χ4v) is 5.51. The zero-order valence-electron chi connectivity index (χ0n) is 23.1. The molecule has 8 aromatic rings. The Kier molecular flexibility index (Phi) is 7.17. The van der Waals surface area contributed by atoms with E-state index in [1.807, 2.05) is 49.5 Å². The van der Waals surface area contributed by atoms with Crippen molar-refractivity contribution in [2.75, 3.05) is 0 Å². The number of rotatable bonds is 3. The minimum atomic E-state index is 0. The molecule has 0 saturated carbocycles. The van der Waals surface area contributed by atoms with Crippen molar-refractivity contribution < 1.29 is 24.7 Å². The van der Waals surface area contributed by atoms with Crippen molar-refractivity contribution in [2.45, 2.75) is 26.8 Å². The van der Waals surface area contributed by atoms with E-state index in [9.17, 15) is 0 Å². The van der Waals surface area contributed by atoms with E-state index >= 15 is 0 Å². The van der Waals surface area contributed by atoms with Gasteiger partial charge in [0.15, 0.2) is 0 Å². The van der Waals surface area contributed by atoms with Crippen LogP contribution in [0.5, 0.6) is 0 Å². The molecule has 0 bridgehead atoms. The van der Waals surface area contributed by atoms with Gasteiger partial charge in [-0.25, -0.2) is 0 Å². The molecule has 41 heavy (non-hydrogen) atoms. The molecule has 8 rings (SSSR count). The van der Waals surface area contributed by atoms with Crippen LogP contribution in [0.4, 0.5) is 0 Å². The SMILES string of the molecule is CC(C)[n+]1[c-]n(-c2[c-]ccc3c2c2cccc4c5ccccc5n3c42)cc1.Cc1ccc(-c2[c-]cccc2)nc1.[Ir+3]. The van der Waals surface area contributed by atoms with Crippen LogP contribution in [0.2, 0.25) is 0 Å². The topological polar surface area (TPSA) is 26.1 Å². The maximum absolute atomic E-state index is 4.32. The molecule has 200 valence electrons. The molecule has 0 atom stereocenters. The Morgan fingerprint density at radius 1 is 0.780 bits per heavy atom. The van der Waals surface area contributed by atoms with Crippen LogP contribution in [0.15, 0.2) is 110 Å². The van der Waals surface area contributed by atoms with Gasteiger partial charge in [-0.05, 0) is 38.1 Å². The van der Waals surface area contributed by atoms with Crippen molar-refractivity contribution in [3.8, 4) is 16.9 Å². The van der Waals surface area contributed by atoms with Gasteiger partial charge in [-0.3, -0.25) is 0 Å². The summed E-state index contributed by atoms with van der Waals surface area (Å²) < 4.78 is 6.55. The van der Waals surface area contributed by atoms with Gasteiger partial charge in [-0.1, -0.05) is 70.5 Å². The maximum atomic E-state index is 4.32. The van der Waals surface area contributed by atoms with E-state index in [1.54, 1.807) is 0 Å². The van der Waals surface area contributed by atoms with Gasteiger partial charge in [0.05, 0.1) is 11.6 Å². The molecule has 0 fully saturated rings. The number of imidazole rings is 1. The van der Waals surface area contributed by atoms with Crippen molar-refractivity contribution in [3.63, 3.8) is 0 Å². The second-order valence-corrected chi connectivity index (χ2v) is 10.4. The number of fused-ring (bicyclic) bond motifs is 6. The first-order chi connectivity index (χ1) is 19.6. The van der Waals surface area contributed by atoms with E-state index in [0.717, 1.165) is 16.9 Å². The van der Waals surface area contributed by atoms with Crippen LogP contribution >= 0.6 is 0 Å². The van der Waals surface area contributed by atoms with Crippen LogP contribution < -0.4 is 4.57 Å². The van der Waals surface area contributed by atoms with E-state index < -0.39 is 0 Å². The average Bonchev–Trinajstić information content (AvgIpc) is 3.71. The van der Waals surface area contributed by atoms with E-state index in [0.29, 0.717) is 6.04 Å². The van der Waals surface area contributed by atoms with Crippen LogP contribution in [0.25, 0.3) is 55.0 Å². The third-order valence-corrected chi connectivity index (χ3v) is 7.45. The van der Waals surface area contributed by atoms with Crippen molar-refractivity contribution in [1.29, 1.82) is 0 Å². The summed E-state index contributed by atoms with van der Waals surface area (Å²) >= 11 is 0. The number of nitrogens with zero attached hydrogens (tertiary/aromatic N) is 4. The van der Waals surface area contributed by atoms with Gasteiger partial charge in [0.2, 0.25) is 6.33 Å². The standard InChI is InChI=1S/C24H18N3.C12H10N.Ir/c1-16(2)25-13-14-26(15-25)21-11-6-12-22-23(21)19-9-5-8-18-17-7-3-4-10-20(17)27(22)24(18)19;1-10-7-8-12(13-9-10)11-5-3-2-4-6-11;/h3-10,12-14,16H,1-2H3;2-5,7-9H,1H3;/q2*-1;+3. The van der Waals surface area contributed by atoms with Crippen LogP contribution in [0.3, 0.4) is 0 Å². The predicted octanol–water partition coefficient (Wildman–Crippen LogP) is 7.95. The van der Waals surface area contributed by atoms with Crippen molar-refractivity contribution in [1.82, 2.24) is 14.0 Å². The summed E-state index contributed by atoms with van der Waals surface area (Å²) in [5.74, 6) is 0. The van der Waals surface area contributed by atoms with Gasteiger partial charge in [0, 0.05) is 34.9 Å². The van der Waals surface area contributed by atoms with Gasteiger partial charge in [-0.15, -0.1) is 42.0 Å². The van der Waals surface area contributed by atoms with Crippen molar-refractivity contribution in [2.24, 2.45) is 0 Å². The van der Waals surface area contributed by atoms with E-state index in [1.165, 1.54) is 43.7 Å². The molecule has 4 aromatic carbocycles. The minimum absolute atomic E-state index is 0. The molecule has 0 aliphatic heterocycles.